The van der Waals surface area contributed by atoms with E-state index >= 15 is 0 Å². The maximum atomic E-state index is 6.05. The molecule has 1 nitrogen and oxygen atoms in total. The molecule has 0 saturated carbocycles. The molecule has 1 aromatic heterocycles. The fraction of sp³-hybridized carbons (Fsp3) is 0.500. The van der Waals surface area contributed by atoms with Crippen LogP contribution in [0.1, 0.15) is 31.0 Å². The zero-order chi connectivity index (χ0) is 9.84. The molecular formula is C10H13Cl2N. The van der Waals surface area contributed by atoms with Crippen molar-refractivity contribution < 1.29 is 0 Å². The summed E-state index contributed by atoms with van der Waals surface area (Å²) >= 11 is 11.8. The average Bonchev–Trinajstić information content (AvgIpc) is 2.02. The standard InChI is InChI=1S/C10H13Cl2N/c1-3-4-5-8-7(2)13-10(12)6-9(8)11/h6H,3-5H2,1-2H3. The summed E-state index contributed by atoms with van der Waals surface area (Å²) in [6.45, 7) is 4.11. The van der Waals surface area contributed by atoms with E-state index in [2.05, 4.69) is 11.9 Å². The van der Waals surface area contributed by atoms with Gasteiger partial charge in [-0.1, -0.05) is 36.5 Å². The summed E-state index contributed by atoms with van der Waals surface area (Å²) in [6, 6.07) is 1.71. The van der Waals surface area contributed by atoms with Gasteiger partial charge in [0.25, 0.3) is 0 Å². The van der Waals surface area contributed by atoms with E-state index in [1.807, 2.05) is 6.92 Å². The van der Waals surface area contributed by atoms with Crippen LogP contribution in [0, 0.1) is 6.92 Å². The van der Waals surface area contributed by atoms with Gasteiger partial charge in [-0.25, -0.2) is 4.98 Å². The summed E-state index contributed by atoms with van der Waals surface area (Å²) in [4.78, 5) is 4.17. The third kappa shape index (κ3) is 2.85. The third-order valence-electron chi connectivity index (χ3n) is 2.03. The van der Waals surface area contributed by atoms with Crippen LogP contribution in [0.25, 0.3) is 0 Å². The topological polar surface area (TPSA) is 12.9 Å². The van der Waals surface area contributed by atoms with E-state index in [0.29, 0.717) is 5.15 Å². The predicted molar refractivity (Wildman–Crippen MR) is 57.6 cm³/mol. The minimum Gasteiger partial charge on any atom is -0.241 e. The highest BCUT2D eigenvalue weighted by Gasteiger charge is 2.06. The third-order valence-corrected chi connectivity index (χ3v) is 2.56. The molecule has 1 rings (SSSR count). The molecule has 0 aromatic carbocycles. The number of halogens is 2. The molecule has 0 aliphatic rings. The maximum absolute atomic E-state index is 6.05. The highest BCUT2D eigenvalue weighted by atomic mass is 35.5. The Hall–Kier alpha value is -0.270. The Morgan fingerprint density at radius 3 is 2.62 bits per heavy atom. The molecular weight excluding hydrogens is 205 g/mol. The van der Waals surface area contributed by atoms with E-state index < -0.39 is 0 Å². The Kier molecular flexibility index (Phi) is 4.01. The molecule has 0 amide bonds. The van der Waals surface area contributed by atoms with Gasteiger partial charge < -0.3 is 0 Å². The Morgan fingerprint density at radius 2 is 2.08 bits per heavy atom. The van der Waals surface area contributed by atoms with Crippen LogP contribution in [-0.2, 0) is 6.42 Å². The van der Waals surface area contributed by atoms with Gasteiger partial charge in [0.05, 0.1) is 0 Å². The van der Waals surface area contributed by atoms with Gasteiger partial charge in [-0.15, -0.1) is 0 Å². The predicted octanol–water partition coefficient (Wildman–Crippen LogP) is 4.04. The van der Waals surface area contributed by atoms with Gasteiger partial charge in [-0.3, -0.25) is 0 Å². The SMILES string of the molecule is CCCCc1c(Cl)cc(Cl)nc1C. The quantitative estimate of drug-likeness (QED) is 0.697. The molecule has 0 fully saturated rings. The number of aryl methyl sites for hydroxylation is 1. The number of unbranched alkanes of at least 4 members (excludes halogenated alkanes) is 1. The van der Waals surface area contributed by atoms with E-state index in [0.717, 1.165) is 29.1 Å². The second kappa shape index (κ2) is 4.83. The van der Waals surface area contributed by atoms with E-state index in [1.54, 1.807) is 6.07 Å². The lowest BCUT2D eigenvalue weighted by atomic mass is 10.1. The molecule has 3 heteroatoms. The van der Waals surface area contributed by atoms with Crippen molar-refractivity contribution in [2.75, 3.05) is 0 Å². The molecule has 0 aliphatic heterocycles. The molecule has 0 bridgehead atoms. The first-order valence-corrected chi connectivity index (χ1v) is 5.22. The first-order chi connectivity index (χ1) is 6.15. The second-order valence-corrected chi connectivity index (χ2v) is 3.89. The smallest absolute Gasteiger partial charge is 0.130 e. The summed E-state index contributed by atoms with van der Waals surface area (Å²) in [6.07, 6.45) is 3.30. The van der Waals surface area contributed by atoms with Gasteiger partial charge in [0, 0.05) is 10.7 Å². The minimum absolute atomic E-state index is 0.475. The molecule has 0 radical (unpaired) electrons. The van der Waals surface area contributed by atoms with Crippen LogP contribution in [0.4, 0.5) is 0 Å². The highest BCUT2D eigenvalue weighted by molar-refractivity contribution is 6.34. The largest absolute Gasteiger partial charge is 0.241 e. The Labute approximate surface area is 89.1 Å². The van der Waals surface area contributed by atoms with Crippen molar-refractivity contribution in [2.24, 2.45) is 0 Å². The van der Waals surface area contributed by atoms with Crippen LogP contribution in [-0.4, -0.2) is 4.98 Å². The first kappa shape index (κ1) is 10.8. The number of hydrogen-bond acceptors (Lipinski definition) is 1. The lowest BCUT2D eigenvalue weighted by Gasteiger charge is -2.06. The van der Waals surface area contributed by atoms with E-state index in [4.69, 9.17) is 23.2 Å². The van der Waals surface area contributed by atoms with Gasteiger partial charge in [0.1, 0.15) is 5.15 Å². The van der Waals surface area contributed by atoms with Crippen LogP contribution >= 0.6 is 23.2 Å². The van der Waals surface area contributed by atoms with Crippen molar-refractivity contribution >= 4 is 23.2 Å². The number of hydrogen-bond donors (Lipinski definition) is 0. The fourth-order valence-electron chi connectivity index (χ4n) is 1.28. The Balaban J connectivity index is 2.92. The van der Waals surface area contributed by atoms with Crippen LogP contribution in [0.2, 0.25) is 10.2 Å². The Morgan fingerprint density at radius 1 is 1.38 bits per heavy atom. The summed E-state index contributed by atoms with van der Waals surface area (Å²) in [5, 5.41) is 1.22. The minimum atomic E-state index is 0.475. The summed E-state index contributed by atoms with van der Waals surface area (Å²) < 4.78 is 0. The van der Waals surface area contributed by atoms with Gasteiger partial charge in [0.2, 0.25) is 0 Å². The van der Waals surface area contributed by atoms with Crippen LogP contribution in [0.5, 0.6) is 0 Å². The first-order valence-electron chi connectivity index (χ1n) is 4.46. The summed E-state index contributed by atoms with van der Waals surface area (Å²) in [5.74, 6) is 0. The fourth-order valence-corrected chi connectivity index (χ4v) is 1.90. The van der Waals surface area contributed by atoms with Crippen molar-refractivity contribution in [3.8, 4) is 0 Å². The lowest BCUT2D eigenvalue weighted by Crippen LogP contribution is -1.94. The number of nitrogens with zero attached hydrogens (tertiary/aromatic N) is 1. The molecule has 0 aliphatic carbocycles. The number of rotatable bonds is 3. The summed E-state index contributed by atoms with van der Waals surface area (Å²) in [5.41, 5.74) is 2.08. The van der Waals surface area contributed by atoms with Crippen LogP contribution in [0.3, 0.4) is 0 Å². The maximum Gasteiger partial charge on any atom is 0.130 e. The van der Waals surface area contributed by atoms with Crippen molar-refractivity contribution in [3.05, 3.63) is 27.5 Å². The zero-order valence-corrected chi connectivity index (χ0v) is 9.41. The van der Waals surface area contributed by atoms with E-state index in [-0.39, 0.29) is 0 Å². The van der Waals surface area contributed by atoms with Gasteiger partial charge in [0.15, 0.2) is 0 Å². The van der Waals surface area contributed by atoms with Crippen molar-refractivity contribution in [1.82, 2.24) is 4.98 Å². The molecule has 0 atom stereocenters. The molecule has 1 aromatic rings. The Bertz CT molecular complexity index is 274. The monoisotopic (exact) mass is 217 g/mol. The normalized spacial score (nSPS) is 10.5. The molecule has 1 heterocycles. The molecule has 13 heavy (non-hydrogen) atoms. The molecule has 0 saturated heterocycles. The highest BCUT2D eigenvalue weighted by Crippen LogP contribution is 2.23. The van der Waals surface area contributed by atoms with Gasteiger partial charge in [-0.2, -0.15) is 0 Å². The summed E-state index contributed by atoms with van der Waals surface area (Å²) in [7, 11) is 0. The number of aromatic nitrogens is 1. The van der Waals surface area contributed by atoms with Crippen molar-refractivity contribution in [1.29, 1.82) is 0 Å². The van der Waals surface area contributed by atoms with Crippen LogP contribution in [0.15, 0.2) is 6.07 Å². The molecule has 0 N–H and O–H groups in total. The lowest BCUT2D eigenvalue weighted by molar-refractivity contribution is 0.786. The van der Waals surface area contributed by atoms with Gasteiger partial charge >= 0.3 is 0 Å². The molecule has 0 unspecified atom stereocenters. The molecule has 0 spiro atoms. The number of pyridine rings is 1. The van der Waals surface area contributed by atoms with Gasteiger partial charge in [-0.05, 0) is 31.4 Å². The molecule has 72 valence electrons. The zero-order valence-electron chi connectivity index (χ0n) is 7.90. The van der Waals surface area contributed by atoms with Crippen LogP contribution < -0.4 is 0 Å². The second-order valence-electron chi connectivity index (χ2n) is 3.09. The van der Waals surface area contributed by atoms with E-state index in [1.165, 1.54) is 6.42 Å². The van der Waals surface area contributed by atoms with E-state index in [9.17, 15) is 0 Å². The average molecular weight is 218 g/mol. The van der Waals surface area contributed by atoms with Crippen molar-refractivity contribution in [3.63, 3.8) is 0 Å². The van der Waals surface area contributed by atoms with Crippen molar-refractivity contribution in [2.45, 2.75) is 33.1 Å².